The van der Waals surface area contributed by atoms with Gasteiger partial charge >= 0.3 is 0 Å². The first-order chi connectivity index (χ1) is 7.21. The van der Waals surface area contributed by atoms with Crippen molar-refractivity contribution in [3.8, 4) is 0 Å². The molecule has 0 nitrogen and oxygen atoms in total. The van der Waals surface area contributed by atoms with Gasteiger partial charge in [0, 0.05) is 0 Å². The highest BCUT2D eigenvalue weighted by Crippen LogP contribution is 2.47. The molecule has 2 heteroatoms. The van der Waals surface area contributed by atoms with E-state index in [2.05, 4.69) is 30.6 Å². The van der Waals surface area contributed by atoms with Gasteiger partial charge in [-0.3, -0.25) is 0 Å². The summed E-state index contributed by atoms with van der Waals surface area (Å²) in [4.78, 5) is 0. The van der Waals surface area contributed by atoms with Crippen LogP contribution in [0.3, 0.4) is 0 Å². The van der Waals surface area contributed by atoms with Gasteiger partial charge in [-0.05, 0) is 16.7 Å². The molecule has 0 atom stereocenters. The number of hydrogen-bond donors (Lipinski definition) is 1. The molecule has 2 aromatic rings. The summed E-state index contributed by atoms with van der Waals surface area (Å²) in [5.41, 5.74) is 0. The lowest BCUT2D eigenvalue weighted by Gasteiger charge is -2.18. The lowest BCUT2D eigenvalue weighted by molar-refractivity contribution is 1.76. The Hall–Kier alpha value is -0.910. The molecule has 2 rings (SSSR count). The quantitative estimate of drug-likeness (QED) is 0.597. The lowest BCUT2D eigenvalue weighted by Crippen LogP contribution is -2.11. The molecule has 0 radical (unpaired) electrons. The zero-order valence-electron chi connectivity index (χ0n) is 8.38. The average molecular weight is 232 g/mol. The smallest absolute Gasteiger partial charge is 0.00921 e. The molecule has 0 saturated heterocycles. The highest BCUT2D eigenvalue weighted by atomic mass is 32.7. The third-order valence-electron chi connectivity index (χ3n) is 2.37. The second-order valence-electron chi connectivity index (χ2n) is 3.44. The van der Waals surface area contributed by atoms with Crippen molar-refractivity contribution in [3.05, 3.63) is 60.7 Å². The van der Waals surface area contributed by atoms with Crippen molar-refractivity contribution in [3.63, 3.8) is 0 Å². The Morgan fingerprint density at radius 2 is 1.07 bits per heavy atom. The van der Waals surface area contributed by atoms with E-state index in [1.165, 1.54) is 10.6 Å². The number of benzene rings is 2. The monoisotopic (exact) mass is 232 g/mol. The Labute approximate surface area is 96.1 Å². The van der Waals surface area contributed by atoms with Crippen LogP contribution in [0.15, 0.2) is 60.7 Å². The van der Waals surface area contributed by atoms with E-state index in [1.54, 1.807) is 0 Å². The predicted molar refractivity (Wildman–Crippen MR) is 75.2 cm³/mol. The summed E-state index contributed by atoms with van der Waals surface area (Å²) in [7, 11) is 0. The van der Waals surface area contributed by atoms with Crippen LogP contribution in [0.5, 0.6) is 0 Å². The molecule has 0 saturated carbocycles. The summed E-state index contributed by atoms with van der Waals surface area (Å²) in [6.07, 6.45) is 2.58. The Morgan fingerprint density at radius 1 is 0.733 bits per heavy atom. The highest BCUT2D eigenvalue weighted by Gasteiger charge is 2.13. The largest absolute Gasteiger partial charge is 0.143 e. The summed E-state index contributed by atoms with van der Waals surface area (Å²) in [6.45, 7) is 0. The Bertz CT molecular complexity index is 433. The standard InChI is InChI=1S/C13H13PS/c1-14(15,12-8-4-2-5-9-12)13-10-6-3-7-11-13/h2-11,15H,1H2. The normalized spacial score (nSPS) is 11.3. The van der Waals surface area contributed by atoms with Crippen molar-refractivity contribution in [1.82, 2.24) is 0 Å². The Morgan fingerprint density at radius 3 is 1.40 bits per heavy atom. The first kappa shape index (κ1) is 10.6. The van der Waals surface area contributed by atoms with Gasteiger partial charge in [0.25, 0.3) is 0 Å². The maximum Gasteiger partial charge on any atom is -0.00921 e. The minimum atomic E-state index is -1.70. The third-order valence-corrected chi connectivity index (χ3v) is 6.06. The molecule has 0 aromatic heterocycles. The fraction of sp³-hybridized carbons (Fsp3) is 0. The van der Waals surface area contributed by atoms with Crippen molar-refractivity contribution >= 4 is 35.2 Å². The molecule has 76 valence electrons. The van der Waals surface area contributed by atoms with Crippen LogP contribution in [-0.2, 0) is 0 Å². The van der Waals surface area contributed by atoms with Crippen LogP contribution in [0.25, 0.3) is 0 Å². The van der Waals surface area contributed by atoms with Crippen LogP contribution in [0.2, 0.25) is 0 Å². The van der Waals surface area contributed by atoms with Gasteiger partial charge in [-0.25, -0.2) is 0 Å². The lowest BCUT2D eigenvalue weighted by atomic mass is 10.4. The topological polar surface area (TPSA) is 0 Å². The Balaban J connectivity index is 2.50. The van der Waals surface area contributed by atoms with Gasteiger partial charge in [-0.15, -0.1) is 12.2 Å². The molecule has 0 aliphatic rings. The van der Waals surface area contributed by atoms with E-state index in [0.29, 0.717) is 0 Å². The molecular formula is C13H13PS. The molecule has 0 fully saturated rings. The second kappa shape index (κ2) is 4.30. The van der Waals surface area contributed by atoms with Gasteiger partial charge in [-0.2, -0.15) is 0 Å². The van der Waals surface area contributed by atoms with Crippen LogP contribution in [0.1, 0.15) is 0 Å². The molecule has 0 unspecified atom stereocenters. The van der Waals surface area contributed by atoms with Crippen molar-refractivity contribution in [2.75, 3.05) is 0 Å². The summed E-state index contributed by atoms with van der Waals surface area (Å²) in [5, 5.41) is 2.44. The molecule has 0 amide bonds. The minimum absolute atomic E-state index is 1.22. The molecule has 0 heterocycles. The first-order valence-electron chi connectivity index (χ1n) is 4.78. The minimum Gasteiger partial charge on any atom is -0.143 e. The van der Waals surface area contributed by atoms with Gasteiger partial charge in [0.2, 0.25) is 0 Å². The second-order valence-corrected chi connectivity index (χ2v) is 8.06. The van der Waals surface area contributed by atoms with Crippen molar-refractivity contribution in [1.29, 1.82) is 0 Å². The first-order valence-corrected chi connectivity index (χ1v) is 7.91. The number of thiol groups is 1. The van der Waals surface area contributed by atoms with Crippen molar-refractivity contribution in [2.45, 2.75) is 0 Å². The fourth-order valence-electron chi connectivity index (χ4n) is 1.50. The molecule has 0 bridgehead atoms. The molecule has 0 aliphatic heterocycles. The zero-order valence-corrected chi connectivity index (χ0v) is 10.2. The van der Waals surface area contributed by atoms with Crippen LogP contribution in [0, 0.1) is 0 Å². The van der Waals surface area contributed by atoms with Crippen LogP contribution >= 0.6 is 18.3 Å². The van der Waals surface area contributed by atoms with Gasteiger partial charge in [0.1, 0.15) is 0 Å². The molecule has 15 heavy (non-hydrogen) atoms. The summed E-state index contributed by atoms with van der Waals surface area (Å²) >= 11 is 4.77. The van der Waals surface area contributed by atoms with E-state index in [9.17, 15) is 0 Å². The number of hydrogen-bond acceptors (Lipinski definition) is 1. The molecule has 0 aliphatic carbocycles. The summed E-state index contributed by atoms with van der Waals surface area (Å²) in [5.74, 6) is 0. The van der Waals surface area contributed by atoms with E-state index in [4.69, 9.17) is 12.2 Å². The zero-order chi connectivity index (χ0) is 10.7. The van der Waals surface area contributed by atoms with Gasteiger partial charge < -0.3 is 0 Å². The van der Waals surface area contributed by atoms with Crippen molar-refractivity contribution in [2.24, 2.45) is 0 Å². The number of rotatable bonds is 2. The summed E-state index contributed by atoms with van der Waals surface area (Å²) < 4.78 is 0. The van der Waals surface area contributed by atoms with Crippen LogP contribution in [-0.4, -0.2) is 6.30 Å². The maximum atomic E-state index is 4.77. The van der Waals surface area contributed by atoms with Gasteiger partial charge in [0.05, 0.1) is 0 Å². The third kappa shape index (κ3) is 2.19. The maximum absolute atomic E-state index is 4.77. The predicted octanol–water partition coefficient (Wildman–Crippen LogP) is 2.93. The van der Waals surface area contributed by atoms with Gasteiger partial charge in [-0.1, -0.05) is 67.0 Å². The average Bonchev–Trinajstić information content (AvgIpc) is 2.31. The SMILES string of the molecule is C=P(S)(c1ccccc1)c1ccccc1. The van der Waals surface area contributed by atoms with E-state index in [0.717, 1.165) is 0 Å². The fourth-order valence-corrected chi connectivity index (χ4v) is 3.93. The van der Waals surface area contributed by atoms with Gasteiger partial charge in [0.15, 0.2) is 0 Å². The molecule has 0 spiro atoms. The van der Waals surface area contributed by atoms with Crippen LogP contribution in [0.4, 0.5) is 0 Å². The van der Waals surface area contributed by atoms with Crippen molar-refractivity contribution < 1.29 is 0 Å². The van der Waals surface area contributed by atoms with E-state index in [1.807, 2.05) is 36.4 Å². The highest BCUT2D eigenvalue weighted by molar-refractivity contribution is 8.56. The summed E-state index contributed by atoms with van der Waals surface area (Å²) in [6, 6.07) is 20.6. The Kier molecular flexibility index (Phi) is 3.04. The molecule has 0 N–H and O–H groups in total. The van der Waals surface area contributed by atoms with E-state index >= 15 is 0 Å². The molecular weight excluding hydrogens is 219 g/mol. The van der Waals surface area contributed by atoms with Crippen LogP contribution < -0.4 is 10.6 Å². The molecule has 2 aromatic carbocycles. The van der Waals surface area contributed by atoms with E-state index in [-0.39, 0.29) is 0 Å². The van der Waals surface area contributed by atoms with E-state index < -0.39 is 6.09 Å².